The predicted octanol–water partition coefficient (Wildman–Crippen LogP) is 5.83. The molecule has 0 aliphatic rings. The summed E-state index contributed by atoms with van der Waals surface area (Å²) >= 11 is 4.85. The highest BCUT2D eigenvalue weighted by molar-refractivity contribution is 9.10. The van der Waals surface area contributed by atoms with Gasteiger partial charge in [-0.3, -0.25) is 9.36 Å². The number of carbonyl (C=O) groups is 1. The van der Waals surface area contributed by atoms with Crippen molar-refractivity contribution in [1.82, 2.24) is 14.8 Å². The number of carbonyl (C=O) groups excluding carboxylic acids is 1. The molecule has 0 spiro atoms. The minimum absolute atomic E-state index is 0.111. The summed E-state index contributed by atoms with van der Waals surface area (Å²) in [4.78, 5) is 12.6. The molecule has 0 bridgehead atoms. The van der Waals surface area contributed by atoms with Crippen LogP contribution in [-0.2, 0) is 11.3 Å². The van der Waals surface area contributed by atoms with E-state index in [0.717, 1.165) is 26.7 Å². The van der Waals surface area contributed by atoms with Crippen molar-refractivity contribution in [3.63, 3.8) is 0 Å². The number of ether oxygens (including phenoxy) is 1. The SMILES string of the molecule is CCn1c(SCC(=O)Nc2cc(C)c(C)cc2Br)nnc1-c1cc2cccc(OC)c2o1. The Morgan fingerprint density at radius 1 is 1.22 bits per heavy atom. The maximum Gasteiger partial charge on any atom is 0.234 e. The van der Waals surface area contributed by atoms with E-state index in [1.54, 1.807) is 7.11 Å². The zero-order valence-electron chi connectivity index (χ0n) is 18.2. The number of nitrogens with zero attached hydrogens (tertiary/aromatic N) is 3. The lowest BCUT2D eigenvalue weighted by Crippen LogP contribution is -2.15. The smallest absolute Gasteiger partial charge is 0.234 e. The number of fused-ring (bicyclic) bond motifs is 1. The molecule has 0 saturated heterocycles. The lowest BCUT2D eigenvalue weighted by atomic mass is 10.1. The van der Waals surface area contributed by atoms with Gasteiger partial charge in [-0.15, -0.1) is 10.2 Å². The molecule has 0 aliphatic heterocycles. The zero-order chi connectivity index (χ0) is 22.8. The van der Waals surface area contributed by atoms with Crippen LogP contribution in [0.4, 0.5) is 5.69 Å². The monoisotopic (exact) mass is 514 g/mol. The van der Waals surface area contributed by atoms with Gasteiger partial charge >= 0.3 is 0 Å². The molecule has 4 aromatic rings. The average Bonchev–Trinajstić information content (AvgIpc) is 3.39. The van der Waals surface area contributed by atoms with Crippen molar-refractivity contribution >= 4 is 50.3 Å². The van der Waals surface area contributed by atoms with Crippen LogP contribution >= 0.6 is 27.7 Å². The number of thioether (sulfide) groups is 1. The standard InChI is InChI=1S/C23H23BrN4O3S/c1-5-28-22(19-11-15-7-6-8-18(30-4)21(15)31-19)26-27-23(28)32-12-20(29)25-17-10-14(3)13(2)9-16(17)24/h6-11H,5,12H2,1-4H3,(H,25,29). The number of methoxy groups -OCH3 is 1. The first-order valence-corrected chi connectivity index (χ1v) is 11.9. The summed E-state index contributed by atoms with van der Waals surface area (Å²) in [5, 5.41) is 13.2. The van der Waals surface area contributed by atoms with Crippen LogP contribution in [0.1, 0.15) is 18.1 Å². The van der Waals surface area contributed by atoms with Gasteiger partial charge in [0.15, 0.2) is 22.2 Å². The summed E-state index contributed by atoms with van der Waals surface area (Å²) in [5.41, 5.74) is 3.71. The lowest BCUT2D eigenvalue weighted by molar-refractivity contribution is -0.113. The first-order valence-electron chi connectivity index (χ1n) is 10.1. The fraction of sp³-hybridized carbons (Fsp3) is 0.261. The van der Waals surface area contributed by atoms with Gasteiger partial charge in [-0.1, -0.05) is 23.9 Å². The molecule has 9 heteroatoms. The van der Waals surface area contributed by atoms with Crippen molar-refractivity contribution < 1.29 is 13.9 Å². The number of aromatic nitrogens is 3. The molecule has 2 heterocycles. The Hall–Kier alpha value is -2.78. The maximum absolute atomic E-state index is 12.6. The van der Waals surface area contributed by atoms with E-state index in [9.17, 15) is 4.79 Å². The van der Waals surface area contributed by atoms with E-state index in [0.29, 0.717) is 34.6 Å². The number of anilines is 1. The van der Waals surface area contributed by atoms with Crippen molar-refractivity contribution in [2.75, 3.05) is 18.2 Å². The third-order valence-electron chi connectivity index (χ3n) is 5.17. The molecular weight excluding hydrogens is 492 g/mol. The van der Waals surface area contributed by atoms with Crippen molar-refractivity contribution in [1.29, 1.82) is 0 Å². The van der Waals surface area contributed by atoms with Crippen LogP contribution in [0.25, 0.3) is 22.6 Å². The highest BCUT2D eigenvalue weighted by Gasteiger charge is 2.19. The number of hydrogen-bond donors (Lipinski definition) is 1. The highest BCUT2D eigenvalue weighted by atomic mass is 79.9. The molecular formula is C23H23BrN4O3S. The van der Waals surface area contributed by atoms with Crippen LogP contribution in [0.2, 0.25) is 0 Å². The van der Waals surface area contributed by atoms with E-state index in [-0.39, 0.29) is 11.7 Å². The molecule has 1 N–H and O–H groups in total. The Balaban J connectivity index is 1.51. The summed E-state index contributed by atoms with van der Waals surface area (Å²) in [7, 11) is 1.61. The topological polar surface area (TPSA) is 82.2 Å². The quantitative estimate of drug-likeness (QED) is 0.312. The zero-order valence-corrected chi connectivity index (χ0v) is 20.6. The molecule has 0 radical (unpaired) electrons. The van der Waals surface area contributed by atoms with Gasteiger partial charge in [0.1, 0.15) is 0 Å². The Morgan fingerprint density at radius 3 is 2.75 bits per heavy atom. The summed E-state index contributed by atoms with van der Waals surface area (Å²) < 4.78 is 14.2. The van der Waals surface area contributed by atoms with Crippen molar-refractivity contribution in [3.8, 4) is 17.3 Å². The Morgan fingerprint density at radius 2 is 2.00 bits per heavy atom. The van der Waals surface area contributed by atoms with Gasteiger partial charge in [0.05, 0.1) is 18.6 Å². The molecule has 0 aliphatic carbocycles. The summed E-state index contributed by atoms with van der Waals surface area (Å²) in [6, 6.07) is 11.6. The van der Waals surface area contributed by atoms with Gasteiger partial charge in [0.25, 0.3) is 0 Å². The summed E-state index contributed by atoms with van der Waals surface area (Å²) in [5.74, 6) is 1.99. The van der Waals surface area contributed by atoms with Crippen LogP contribution in [0.5, 0.6) is 5.75 Å². The van der Waals surface area contributed by atoms with E-state index in [2.05, 4.69) is 31.4 Å². The molecule has 4 rings (SSSR count). The van der Waals surface area contributed by atoms with Crippen molar-refractivity contribution in [3.05, 3.63) is 52.0 Å². The largest absolute Gasteiger partial charge is 0.493 e. The van der Waals surface area contributed by atoms with Gasteiger partial charge < -0.3 is 14.5 Å². The molecule has 1 amide bonds. The second-order valence-corrected chi connectivity index (χ2v) is 9.09. The van der Waals surface area contributed by atoms with Crippen LogP contribution in [0, 0.1) is 13.8 Å². The number of halogens is 1. The van der Waals surface area contributed by atoms with Crippen LogP contribution in [0.3, 0.4) is 0 Å². The minimum atomic E-state index is -0.111. The third-order valence-corrected chi connectivity index (χ3v) is 6.79. The maximum atomic E-state index is 12.6. The fourth-order valence-corrected chi connectivity index (χ4v) is 4.72. The van der Waals surface area contributed by atoms with Crippen molar-refractivity contribution in [2.24, 2.45) is 0 Å². The van der Waals surface area contributed by atoms with E-state index >= 15 is 0 Å². The minimum Gasteiger partial charge on any atom is -0.493 e. The normalized spacial score (nSPS) is 11.2. The van der Waals surface area contributed by atoms with Gasteiger partial charge in [0.2, 0.25) is 11.7 Å². The molecule has 166 valence electrons. The second-order valence-electron chi connectivity index (χ2n) is 7.29. The Bertz CT molecular complexity index is 1300. The van der Waals surface area contributed by atoms with Gasteiger partial charge in [-0.25, -0.2) is 0 Å². The van der Waals surface area contributed by atoms with Gasteiger partial charge in [-0.2, -0.15) is 0 Å². The van der Waals surface area contributed by atoms with E-state index in [1.807, 2.05) is 61.7 Å². The molecule has 0 saturated carbocycles. The average molecular weight is 515 g/mol. The molecule has 2 aromatic heterocycles. The Kier molecular flexibility index (Phi) is 6.57. The molecule has 0 fully saturated rings. The van der Waals surface area contributed by atoms with Gasteiger partial charge in [-0.05, 0) is 72.1 Å². The molecule has 2 aromatic carbocycles. The number of nitrogens with one attached hydrogen (secondary N) is 1. The summed E-state index contributed by atoms with van der Waals surface area (Å²) in [6.07, 6.45) is 0. The van der Waals surface area contributed by atoms with Crippen LogP contribution in [-0.4, -0.2) is 33.5 Å². The highest BCUT2D eigenvalue weighted by Crippen LogP contribution is 2.34. The van der Waals surface area contributed by atoms with E-state index in [1.165, 1.54) is 11.8 Å². The number of aryl methyl sites for hydroxylation is 2. The lowest BCUT2D eigenvalue weighted by Gasteiger charge is -2.10. The Labute approximate surface area is 198 Å². The van der Waals surface area contributed by atoms with Crippen molar-refractivity contribution in [2.45, 2.75) is 32.5 Å². The number of amides is 1. The first kappa shape index (κ1) is 22.4. The first-order chi connectivity index (χ1) is 15.4. The summed E-state index contributed by atoms with van der Waals surface area (Å²) in [6.45, 7) is 6.70. The number of rotatable bonds is 7. The second kappa shape index (κ2) is 9.38. The van der Waals surface area contributed by atoms with Gasteiger partial charge in [0, 0.05) is 16.4 Å². The number of benzene rings is 2. The van der Waals surface area contributed by atoms with Crippen LogP contribution in [0.15, 0.2) is 50.4 Å². The molecule has 7 nitrogen and oxygen atoms in total. The number of hydrogen-bond acceptors (Lipinski definition) is 6. The molecule has 32 heavy (non-hydrogen) atoms. The number of furan rings is 1. The van der Waals surface area contributed by atoms with Crippen LogP contribution < -0.4 is 10.1 Å². The van der Waals surface area contributed by atoms with E-state index in [4.69, 9.17) is 9.15 Å². The molecule has 0 unspecified atom stereocenters. The molecule has 0 atom stereocenters. The fourth-order valence-electron chi connectivity index (χ4n) is 3.36. The van der Waals surface area contributed by atoms with E-state index < -0.39 is 0 Å². The number of para-hydroxylation sites is 1. The third kappa shape index (κ3) is 4.40. The predicted molar refractivity (Wildman–Crippen MR) is 130 cm³/mol.